The molecule has 6 heteroatoms. The van der Waals surface area contributed by atoms with E-state index in [2.05, 4.69) is 10.6 Å². The number of benzene rings is 1. The smallest absolute Gasteiger partial charge is 0.240 e. The summed E-state index contributed by atoms with van der Waals surface area (Å²) in [4.78, 5) is 12.5. The summed E-state index contributed by atoms with van der Waals surface area (Å²) >= 11 is 0. The highest BCUT2D eigenvalue weighted by molar-refractivity contribution is 5.86. The average molecular weight is 329 g/mol. The van der Waals surface area contributed by atoms with Crippen LogP contribution in [0.5, 0.6) is 11.5 Å². The molecular weight excluding hydrogens is 304 g/mol. The lowest BCUT2D eigenvalue weighted by molar-refractivity contribution is -0.127. The molecule has 1 aliphatic rings. The number of rotatable bonds is 6. The zero-order valence-corrected chi connectivity index (χ0v) is 14.2. The molecule has 1 aliphatic heterocycles. The minimum absolute atomic E-state index is 0. The van der Waals surface area contributed by atoms with Crippen molar-refractivity contribution < 1.29 is 14.3 Å². The highest BCUT2D eigenvalue weighted by Gasteiger charge is 2.38. The Labute approximate surface area is 138 Å². The number of halogens is 1. The van der Waals surface area contributed by atoms with Crippen LogP contribution in [0.1, 0.15) is 31.7 Å². The fourth-order valence-electron chi connectivity index (χ4n) is 2.80. The lowest BCUT2D eigenvalue weighted by atomic mass is 9.93. The standard InChI is InChI=1S/C16H24N2O3.ClH/c1-4-16(8-5-9-18-16)15(19)17-11-12-6-7-13(20-2)10-14(12)21-3;/h6-7,10,18H,4-5,8-9,11H2,1-3H3,(H,17,19);1H. The third-order valence-electron chi connectivity index (χ3n) is 4.22. The second-order valence-corrected chi connectivity index (χ2v) is 5.33. The van der Waals surface area contributed by atoms with E-state index in [1.165, 1.54) is 0 Å². The Hall–Kier alpha value is -1.46. The van der Waals surface area contributed by atoms with E-state index in [1.54, 1.807) is 14.2 Å². The normalized spacial score (nSPS) is 20.1. The van der Waals surface area contributed by atoms with Crippen LogP contribution >= 0.6 is 12.4 Å². The van der Waals surface area contributed by atoms with E-state index in [1.807, 2.05) is 25.1 Å². The predicted octanol–water partition coefficient (Wildman–Crippen LogP) is 2.27. The number of hydrogen-bond acceptors (Lipinski definition) is 4. The number of carbonyl (C=O) groups excluding carboxylic acids is 1. The molecular formula is C16H25ClN2O3. The molecule has 1 atom stereocenters. The highest BCUT2D eigenvalue weighted by atomic mass is 35.5. The van der Waals surface area contributed by atoms with Crippen molar-refractivity contribution in [3.63, 3.8) is 0 Å². The van der Waals surface area contributed by atoms with Crippen molar-refractivity contribution in [3.8, 4) is 11.5 Å². The second kappa shape index (κ2) is 8.25. The Morgan fingerprint density at radius 1 is 1.36 bits per heavy atom. The maximum Gasteiger partial charge on any atom is 0.240 e. The van der Waals surface area contributed by atoms with Crippen LogP contribution in [-0.2, 0) is 11.3 Å². The summed E-state index contributed by atoms with van der Waals surface area (Å²) < 4.78 is 10.5. The molecule has 5 nitrogen and oxygen atoms in total. The summed E-state index contributed by atoms with van der Waals surface area (Å²) in [6.07, 6.45) is 2.75. The molecule has 0 spiro atoms. The van der Waals surface area contributed by atoms with Crippen molar-refractivity contribution in [1.82, 2.24) is 10.6 Å². The van der Waals surface area contributed by atoms with Crippen LogP contribution < -0.4 is 20.1 Å². The second-order valence-electron chi connectivity index (χ2n) is 5.33. The van der Waals surface area contributed by atoms with Gasteiger partial charge in [0.15, 0.2) is 0 Å². The minimum Gasteiger partial charge on any atom is -0.497 e. The first-order valence-corrected chi connectivity index (χ1v) is 7.39. The van der Waals surface area contributed by atoms with E-state index in [4.69, 9.17) is 9.47 Å². The minimum atomic E-state index is -0.403. The van der Waals surface area contributed by atoms with Crippen LogP contribution in [0.2, 0.25) is 0 Å². The number of methoxy groups -OCH3 is 2. The van der Waals surface area contributed by atoms with Crippen molar-refractivity contribution >= 4 is 18.3 Å². The molecule has 1 saturated heterocycles. The molecule has 22 heavy (non-hydrogen) atoms. The lowest BCUT2D eigenvalue weighted by Crippen LogP contribution is -2.52. The molecule has 1 aromatic rings. The number of hydrogen-bond donors (Lipinski definition) is 2. The van der Waals surface area contributed by atoms with Crippen molar-refractivity contribution in [2.75, 3.05) is 20.8 Å². The zero-order chi connectivity index (χ0) is 15.3. The first kappa shape index (κ1) is 18.6. The van der Waals surface area contributed by atoms with Gasteiger partial charge in [-0.15, -0.1) is 12.4 Å². The van der Waals surface area contributed by atoms with Gasteiger partial charge in [-0.25, -0.2) is 0 Å². The van der Waals surface area contributed by atoms with Gasteiger partial charge in [-0.3, -0.25) is 4.79 Å². The molecule has 1 aromatic carbocycles. The van der Waals surface area contributed by atoms with Crippen molar-refractivity contribution in [2.24, 2.45) is 0 Å². The number of ether oxygens (including phenoxy) is 2. The maximum absolute atomic E-state index is 12.5. The number of carbonyl (C=O) groups is 1. The Morgan fingerprint density at radius 2 is 2.14 bits per heavy atom. The van der Waals surface area contributed by atoms with Crippen LogP contribution in [0.4, 0.5) is 0 Å². The summed E-state index contributed by atoms with van der Waals surface area (Å²) in [6.45, 7) is 3.41. The van der Waals surface area contributed by atoms with Gasteiger partial charge < -0.3 is 20.1 Å². The van der Waals surface area contributed by atoms with Gasteiger partial charge in [-0.1, -0.05) is 6.92 Å². The molecule has 1 amide bonds. The molecule has 0 aromatic heterocycles. The summed E-state index contributed by atoms with van der Waals surface area (Å²) in [6, 6.07) is 5.61. The largest absolute Gasteiger partial charge is 0.497 e. The van der Waals surface area contributed by atoms with Crippen LogP contribution in [0.25, 0.3) is 0 Å². The predicted molar refractivity (Wildman–Crippen MR) is 88.9 cm³/mol. The SMILES string of the molecule is CCC1(C(=O)NCc2ccc(OC)cc2OC)CCCN1.Cl. The fraction of sp³-hybridized carbons (Fsp3) is 0.562. The molecule has 1 unspecified atom stereocenters. The van der Waals surface area contributed by atoms with Gasteiger partial charge in [0, 0.05) is 18.2 Å². The van der Waals surface area contributed by atoms with Gasteiger partial charge in [0.05, 0.1) is 19.8 Å². The summed E-state index contributed by atoms with van der Waals surface area (Å²) in [5.74, 6) is 1.53. The zero-order valence-electron chi connectivity index (χ0n) is 13.4. The molecule has 2 rings (SSSR count). The van der Waals surface area contributed by atoms with Gasteiger partial charge in [0.25, 0.3) is 0 Å². The Balaban J connectivity index is 0.00000242. The molecule has 2 N–H and O–H groups in total. The van der Waals surface area contributed by atoms with Crippen LogP contribution in [0.15, 0.2) is 18.2 Å². The average Bonchev–Trinajstić information content (AvgIpc) is 3.02. The van der Waals surface area contributed by atoms with Crippen molar-refractivity contribution in [3.05, 3.63) is 23.8 Å². The first-order valence-electron chi connectivity index (χ1n) is 7.39. The van der Waals surface area contributed by atoms with Crippen molar-refractivity contribution in [2.45, 2.75) is 38.3 Å². The summed E-state index contributed by atoms with van der Waals surface area (Å²) in [5, 5.41) is 6.36. The lowest BCUT2D eigenvalue weighted by Gasteiger charge is -2.26. The highest BCUT2D eigenvalue weighted by Crippen LogP contribution is 2.26. The first-order chi connectivity index (χ1) is 10.1. The monoisotopic (exact) mass is 328 g/mol. The molecule has 124 valence electrons. The van der Waals surface area contributed by atoms with Crippen LogP contribution in [0, 0.1) is 0 Å². The molecule has 0 bridgehead atoms. The maximum atomic E-state index is 12.5. The van der Waals surface area contributed by atoms with Crippen molar-refractivity contribution in [1.29, 1.82) is 0 Å². The Bertz CT molecular complexity index is 502. The van der Waals surface area contributed by atoms with E-state index >= 15 is 0 Å². The molecule has 0 radical (unpaired) electrons. The van der Waals surface area contributed by atoms with Gasteiger partial charge in [0.1, 0.15) is 11.5 Å². The number of amides is 1. The van der Waals surface area contributed by atoms with Gasteiger partial charge in [0.2, 0.25) is 5.91 Å². The quantitative estimate of drug-likeness (QED) is 0.841. The molecule has 0 aliphatic carbocycles. The Kier molecular flexibility index (Phi) is 6.97. The van der Waals surface area contributed by atoms with E-state index in [9.17, 15) is 4.79 Å². The topological polar surface area (TPSA) is 59.6 Å². The number of nitrogens with one attached hydrogen (secondary N) is 2. The summed E-state index contributed by atoms with van der Waals surface area (Å²) in [7, 11) is 3.24. The third-order valence-corrected chi connectivity index (χ3v) is 4.22. The summed E-state index contributed by atoms with van der Waals surface area (Å²) in [5.41, 5.74) is 0.538. The molecule has 1 heterocycles. The third kappa shape index (κ3) is 3.84. The van der Waals surface area contributed by atoms with E-state index in [0.29, 0.717) is 6.54 Å². The van der Waals surface area contributed by atoms with E-state index < -0.39 is 5.54 Å². The Morgan fingerprint density at radius 3 is 2.68 bits per heavy atom. The van der Waals surface area contributed by atoms with Gasteiger partial charge >= 0.3 is 0 Å². The fourth-order valence-corrected chi connectivity index (χ4v) is 2.80. The van der Waals surface area contributed by atoms with Gasteiger partial charge in [-0.2, -0.15) is 0 Å². The molecule has 0 saturated carbocycles. The molecule has 1 fully saturated rings. The van der Waals surface area contributed by atoms with Crippen LogP contribution in [0.3, 0.4) is 0 Å². The van der Waals surface area contributed by atoms with Crippen LogP contribution in [-0.4, -0.2) is 32.2 Å². The van der Waals surface area contributed by atoms with E-state index in [-0.39, 0.29) is 18.3 Å². The van der Waals surface area contributed by atoms with Gasteiger partial charge in [-0.05, 0) is 37.9 Å². The van der Waals surface area contributed by atoms with E-state index in [0.717, 1.165) is 42.9 Å².